The molecule has 0 atom stereocenters. The van der Waals surface area contributed by atoms with Crippen molar-refractivity contribution in [2.45, 2.75) is 19.8 Å². The van der Waals surface area contributed by atoms with Gasteiger partial charge in [0.15, 0.2) is 0 Å². The predicted molar refractivity (Wildman–Crippen MR) is 83.7 cm³/mol. The third kappa shape index (κ3) is 4.18. The van der Waals surface area contributed by atoms with Gasteiger partial charge in [-0.1, -0.05) is 38.1 Å². The van der Waals surface area contributed by atoms with E-state index in [-0.39, 0.29) is 11.7 Å². The molecule has 0 aliphatic rings. The Hall–Kier alpha value is -2.62. The van der Waals surface area contributed by atoms with Gasteiger partial charge in [-0.3, -0.25) is 4.79 Å². The molecular formula is C17H18N2O2. The molecule has 0 fully saturated rings. The number of hydrogen-bond donors (Lipinski definition) is 2. The largest absolute Gasteiger partial charge is 0.508 e. The van der Waals surface area contributed by atoms with E-state index in [0.29, 0.717) is 11.5 Å². The van der Waals surface area contributed by atoms with Crippen LogP contribution in [0.4, 0.5) is 0 Å². The summed E-state index contributed by atoms with van der Waals surface area (Å²) in [5, 5.41) is 13.1. The first-order valence-corrected chi connectivity index (χ1v) is 6.78. The molecule has 2 N–H and O–H groups in total. The van der Waals surface area contributed by atoms with Gasteiger partial charge in [0.25, 0.3) is 5.91 Å². The van der Waals surface area contributed by atoms with Crippen LogP contribution in [0.2, 0.25) is 0 Å². The first-order chi connectivity index (χ1) is 10.1. The average molecular weight is 282 g/mol. The van der Waals surface area contributed by atoms with Crippen molar-refractivity contribution < 1.29 is 9.90 Å². The van der Waals surface area contributed by atoms with Gasteiger partial charge in [-0.25, -0.2) is 5.43 Å². The normalized spacial score (nSPS) is 11.0. The number of nitrogens with one attached hydrogen (secondary N) is 1. The van der Waals surface area contributed by atoms with Crippen molar-refractivity contribution in [2.24, 2.45) is 5.10 Å². The van der Waals surface area contributed by atoms with E-state index in [1.165, 1.54) is 29.8 Å². The van der Waals surface area contributed by atoms with E-state index in [0.717, 1.165) is 5.56 Å². The first-order valence-electron chi connectivity index (χ1n) is 6.78. The number of rotatable bonds is 4. The fourth-order valence-corrected chi connectivity index (χ4v) is 1.81. The highest BCUT2D eigenvalue weighted by atomic mass is 16.3. The van der Waals surface area contributed by atoms with Crippen LogP contribution >= 0.6 is 0 Å². The minimum absolute atomic E-state index is 0.125. The molecule has 0 unspecified atom stereocenters. The van der Waals surface area contributed by atoms with E-state index in [1.807, 2.05) is 24.3 Å². The summed E-state index contributed by atoms with van der Waals surface area (Å²) in [6.07, 6.45) is 1.60. The van der Waals surface area contributed by atoms with Crippen LogP contribution in [0, 0.1) is 0 Å². The molecular weight excluding hydrogens is 264 g/mol. The topological polar surface area (TPSA) is 61.7 Å². The first kappa shape index (κ1) is 14.8. The summed E-state index contributed by atoms with van der Waals surface area (Å²) >= 11 is 0. The Balaban J connectivity index is 1.95. The highest BCUT2D eigenvalue weighted by molar-refractivity contribution is 5.94. The number of benzene rings is 2. The number of aromatic hydroxyl groups is 1. The van der Waals surface area contributed by atoms with E-state index < -0.39 is 0 Å². The van der Waals surface area contributed by atoms with Gasteiger partial charge in [0.1, 0.15) is 5.75 Å². The molecule has 0 radical (unpaired) electrons. The Kier molecular flexibility index (Phi) is 4.72. The van der Waals surface area contributed by atoms with Crippen molar-refractivity contribution >= 4 is 12.1 Å². The van der Waals surface area contributed by atoms with Gasteiger partial charge in [0, 0.05) is 5.56 Å². The van der Waals surface area contributed by atoms with Crippen LogP contribution in [-0.2, 0) is 0 Å². The molecule has 1 amide bonds. The second-order valence-corrected chi connectivity index (χ2v) is 5.07. The molecule has 108 valence electrons. The summed E-state index contributed by atoms with van der Waals surface area (Å²) in [7, 11) is 0. The maximum absolute atomic E-state index is 11.8. The molecule has 0 aliphatic heterocycles. The lowest BCUT2D eigenvalue weighted by atomic mass is 10.0. The molecule has 4 nitrogen and oxygen atoms in total. The fraction of sp³-hybridized carbons (Fsp3) is 0.176. The van der Waals surface area contributed by atoms with Crippen molar-refractivity contribution in [3.05, 3.63) is 65.2 Å². The molecule has 2 rings (SSSR count). The maximum atomic E-state index is 11.8. The van der Waals surface area contributed by atoms with Gasteiger partial charge in [0.2, 0.25) is 0 Å². The minimum Gasteiger partial charge on any atom is -0.508 e. The summed E-state index contributed by atoms with van der Waals surface area (Å²) in [6.45, 7) is 4.28. The molecule has 0 saturated heterocycles. The van der Waals surface area contributed by atoms with Crippen LogP contribution in [0.3, 0.4) is 0 Å². The summed E-state index contributed by atoms with van der Waals surface area (Å²) in [4.78, 5) is 11.8. The molecule has 0 aromatic heterocycles. The van der Waals surface area contributed by atoms with Crippen molar-refractivity contribution in [3.8, 4) is 5.75 Å². The van der Waals surface area contributed by atoms with Gasteiger partial charge < -0.3 is 5.11 Å². The Morgan fingerprint density at radius 3 is 2.29 bits per heavy atom. The Morgan fingerprint density at radius 1 is 1.10 bits per heavy atom. The summed E-state index contributed by atoms with van der Waals surface area (Å²) in [6, 6.07) is 14.0. The lowest BCUT2D eigenvalue weighted by molar-refractivity contribution is 0.0955. The lowest BCUT2D eigenvalue weighted by Gasteiger charge is -2.04. The summed E-state index contributed by atoms with van der Waals surface area (Å²) < 4.78 is 0. The molecule has 2 aromatic rings. The summed E-state index contributed by atoms with van der Waals surface area (Å²) in [5.41, 5.74) is 5.08. The zero-order chi connectivity index (χ0) is 15.2. The molecule has 0 aliphatic carbocycles. The Labute approximate surface area is 124 Å². The number of carbonyl (C=O) groups is 1. The minimum atomic E-state index is -0.315. The summed E-state index contributed by atoms with van der Waals surface area (Å²) in [5.74, 6) is 0.301. The standard InChI is InChI=1S/C17H18N2O2/c1-12(2)14-5-3-13(4-6-14)11-18-19-17(21)15-7-9-16(20)10-8-15/h3-12,20H,1-2H3,(H,19,21). The highest BCUT2D eigenvalue weighted by Gasteiger charge is 2.03. The predicted octanol–water partition coefficient (Wildman–Crippen LogP) is 3.28. The zero-order valence-electron chi connectivity index (χ0n) is 12.1. The van der Waals surface area contributed by atoms with E-state index in [9.17, 15) is 4.79 Å². The number of amides is 1. The van der Waals surface area contributed by atoms with Gasteiger partial charge in [-0.15, -0.1) is 0 Å². The number of phenolic OH excluding ortho intramolecular Hbond substituents is 1. The molecule has 0 heterocycles. The van der Waals surface area contributed by atoms with Crippen LogP contribution in [-0.4, -0.2) is 17.2 Å². The number of hydrazone groups is 1. The Bertz CT molecular complexity index is 629. The number of phenols is 1. The van der Waals surface area contributed by atoms with Crippen LogP contribution in [0.25, 0.3) is 0 Å². The third-order valence-corrected chi connectivity index (χ3v) is 3.11. The van der Waals surface area contributed by atoms with E-state index in [1.54, 1.807) is 6.21 Å². The second kappa shape index (κ2) is 6.70. The monoisotopic (exact) mass is 282 g/mol. The van der Waals surface area contributed by atoms with Crippen molar-refractivity contribution in [3.63, 3.8) is 0 Å². The zero-order valence-corrected chi connectivity index (χ0v) is 12.1. The van der Waals surface area contributed by atoms with Gasteiger partial charge in [-0.2, -0.15) is 5.10 Å². The van der Waals surface area contributed by atoms with Crippen molar-refractivity contribution in [2.75, 3.05) is 0 Å². The van der Waals surface area contributed by atoms with Crippen molar-refractivity contribution in [1.29, 1.82) is 0 Å². The smallest absolute Gasteiger partial charge is 0.271 e. The molecule has 0 bridgehead atoms. The second-order valence-electron chi connectivity index (χ2n) is 5.07. The van der Waals surface area contributed by atoms with Crippen molar-refractivity contribution in [1.82, 2.24) is 5.43 Å². The molecule has 21 heavy (non-hydrogen) atoms. The fourth-order valence-electron chi connectivity index (χ4n) is 1.81. The SMILES string of the molecule is CC(C)c1ccc(C=NNC(=O)c2ccc(O)cc2)cc1. The molecule has 0 spiro atoms. The molecule has 0 saturated carbocycles. The lowest BCUT2D eigenvalue weighted by Crippen LogP contribution is -2.17. The van der Waals surface area contributed by atoms with E-state index in [4.69, 9.17) is 5.11 Å². The number of hydrogen-bond acceptors (Lipinski definition) is 3. The van der Waals surface area contributed by atoms with Crippen LogP contribution in [0.15, 0.2) is 53.6 Å². The van der Waals surface area contributed by atoms with Crippen LogP contribution < -0.4 is 5.43 Å². The number of nitrogens with zero attached hydrogens (tertiary/aromatic N) is 1. The van der Waals surface area contributed by atoms with Gasteiger partial charge in [0.05, 0.1) is 6.21 Å². The van der Waals surface area contributed by atoms with Gasteiger partial charge in [-0.05, 0) is 41.3 Å². The third-order valence-electron chi connectivity index (χ3n) is 3.11. The van der Waals surface area contributed by atoms with Crippen LogP contribution in [0.5, 0.6) is 5.75 Å². The number of carbonyl (C=O) groups excluding carboxylic acids is 1. The maximum Gasteiger partial charge on any atom is 0.271 e. The van der Waals surface area contributed by atoms with E-state index in [2.05, 4.69) is 24.4 Å². The quantitative estimate of drug-likeness (QED) is 0.667. The van der Waals surface area contributed by atoms with E-state index >= 15 is 0 Å². The highest BCUT2D eigenvalue weighted by Crippen LogP contribution is 2.14. The van der Waals surface area contributed by atoms with Gasteiger partial charge >= 0.3 is 0 Å². The average Bonchev–Trinajstić information content (AvgIpc) is 2.48. The molecule has 4 heteroatoms. The van der Waals surface area contributed by atoms with Crippen LogP contribution in [0.1, 0.15) is 41.3 Å². The molecule has 2 aromatic carbocycles. The Morgan fingerprint density at radius 2 is 1.71 bits per heavy atom.